The molecule has 1 amide bonds. The lowest BCUT2D eigenvalue weighted by Gasteiger charge is -2.38. The summed E-state index contributed by atoms with van der Waals surface area (Å²) in [6.07, 6.45) is 0.356. The van der Waals surface area contributed by atoms with E-state index < -0.39 is 6.17 Å². The van der Waals surface area contributed by atoms with Crippen molar-refractivity contribution in [3.05, 3.63) is 65.5 Å². The maximum absolute atomic E-state index is 14.1. The van der Waals surface area contributed by atoms with E-state index in [-0.39, 0.29) is 11.7 Å². The predicted molar refractivity (Wildman–Crippen MR) is 80.5 cm³/mol. The summed E-state index contributed by atoms with van der Waals surface area (Å²) in [5.41, 5.74) is 1.88. The Kier molecular flexibility index (Phi) is 3.60. The largest absolute Gasteiger partial charge is 0.361 e. The van der Waals surface area contributed by atoms with Crippen molar-refractivity contribution in [2.45, 2.75) is 19.5 Å². The second kappa shape index (κ2) is 5.56. The number of anilines is 1. The van der Waals surface area contributed by atoms with E-state index in [4.69, 9.17) is 0 Å². The fourth-order valence-corrected chi connectivity index (χ4v) is 2.71. The molecular weight excluding hydrogens is 267 g/mol. The Morgan fingerprint density at radius 3 is 2.62 bits per heavy atom. The second-order valence-electron chi connectivity index (χ2n) is 5.11. The number of hydrogen-bond donors (Lipinski definition) is 1. The van der Waals surface area contributed by atoms with Crippen LogP contribution in [0.1, 0.15) is 35.4 Å². The number of carbonyl (C=O) groups excluding carboxylic acids is 1. The van der Waals surface area contributed by atoms with E-state index in [1.165, 1.54) is 6.07 Å². The highest BCUT2D eigenvalue weighted by atomic mass is 19.1. The summed E-state index contributed by atoms with van der Waals surface area (Å²) in [5, 5.41) is 3.28. The Hall–Kier alpha value is -2.36. The van der Waals surface area contributed by atoms with Gasteiger partial charge in [-0.2, -0.15) is 0 Å². The van der Waals surface area contributed by atoms with Crippen LogP contribution < -0.4 is 5.32 Å². The molecule has 0 aromatic heterocycles. The summed E-state index contributed by atoms with van der Waals surface area (Å²) in [6.45, 7) is 2.59. The first kappa shape index (κ1) is 13.6. The van der Waals surface area contributed by atoms with E-state index in [9.17, 15) is 9.18 Å². The topological polar surface area (TPSA) is 32.3 Å². The number of benzene rings is 2. The van der Waals surface area contributed by atoms with Crippen molar-refractivity contribution >= 4 is 11.6 Å². The van der Waals surface area contributed by atoms with Crippen molar-refractivity contribution in [2.75, 3.05) is 11.9 Å². The molecule has 1 N–H and O–H groups in total. The molecule has 4 heteroatoms. The minimum absolute atomic E-state index is 0.0561. The fourth-order valence-electron chi connectivity index (χ4n) is 2.71. The number of nitrogens with zero attached hydrogens (tertiary/aromatic N) is 1. The minimum atomic E-state index is -0.464. The molecule has 1 heterocycles. The van der Waals surface area contributed by atoms with Crippen LogP contribution in [-0.2, 0) is 0 Å². The first-order valence-electron chi connectivity index (χ1n) is 7.13. The number of hydrogen-bond acceptors (Lipinski definition) is 2. The van der Waals surface area contributed by atoms with Gasteiger partial charge in [0.25, 0.3) is 5.91 Å². The molecule has 0 saturated heterocycles. The lowest BCUT2D eigenvalue weighted by Crippen LogP contribution is -2.43. The molecule has 21 heavy (non-hydrogen) atoms. The molecule has 0 saturated carbocycles. The van der Waals surface area contributed by atoms with Gasteiger partial charge in [0.2, 0.25) is 0 Å². The maximum atomic E-state index is 14.1. The number of para-hydroxylation sites is 1. The summed E-state index contributed by atoms with van der Waals surface area (Å²) < 4.78 is 14.1. The molecule has 0 spiro atoms. The summed E-state index contributed by atoms with van der Waals surface area (Å²) in [4.78, 5) is 14.4. The number of halogens is 1. The van der Waals surface area contributed by atoms with Gasteiger partial charge in [0.05, 0.1) is 5.56 Å². The summed E-state index contributed by atoms with van der Waals surface area (Å²) in [7, 11) is 0. The molecule has 0 bridgehead atoms. The van der Waals surface area contributed by atoms with Crippen LogP contribution in [0.5, 0.6) is 0 Å². The van der Waals surface area contributed by atoms with Crippen molar-refractivity contribution in [3.8, 4) is 0 Å². The van der Waals surface area contributed by atoms with Crippen molar-refractivity contribution in [2.24, 2.45) is 0 Å². The molecule has 0 fully saturated rings. The first-order valence-corrected chi connectivity index (χ1v) is 7.13. The van der Waals surface area contributed by atoms with E-state index in [1.807, 2.05) is 25.1 Å². The fraction of sp³-hybridized carbons (Fsp3) is 0.235. The molecule has 0 aliphatic carbocycles. The van der Waals surface area contributed by atoms with Gasteiger partial charge in [-0.15, -0.1) is 0 Å². The van der Waals surface area contributed by atoms with Gasteiger partial charge in [-0.3, -0.25) is 4.79 Å². The van der Waals surface area contributed by atoms with Crippen molar-refractivity contribution in [1.82, 2.24) is 4.90 Å². The van der Waals surface area contributed by atoms with Crippen LogP contribution in [0, 0.1) is 5.82 Å². The Labute approximate surface area is 123 Å². The van der Waals surface area contributed by atoms with Crippen LogP contribution in [0.2, 0.25) is 0 Å². The van der Waals surface area contributed by atoms with Crippen molar-refractivity contribution in [3.63, 3.8) is 0 Å². The van der Waals surface area contributed by atoms with Gasteiger partial charge in [0.15, 0.2) is 0 Å². The van der Waals surface area contributed by atoms with Crippen LogP contribution in [-0.4, -0.2) is 17.4 Å². The van der Waals surface area contributed by atoms with Crippen LogP contribution >= 0.6 is 0 Å². The van der Waals surface area contributed by atoms with E-state index in [0.717, 1.165) is 12.1 Å². The lowest BCUT2D eigenvalue weighted by molar-refractivity contribution is 0.0680. The van der Waals surface area contributed by atoms with Gasteiger partial charge in [-0.05, 0) is 24.6 Å². The SMILES string of the molecule is CCCN1C(=O)c2ccccc2NC1c1ccccc1F. The molecule has 2 aromatic carbocycles. The zero-order valence-electron chi connectivity index (χ0n) is 11.8. The van der Waals surface area contributed by atoms with Crippen LogP contribution in [0.4, 0.5) is 10.1 Å². The Morgan fingerprint density at radius 2 is 1.86 bits per heavy atom. The molecule has 1 aliphatic rings. The molecule has 2 aromatic rings. The standard InChI is InChI=1S/C17H17FN2O/c1-2-11-20-16(12-7-3-5-9-14(12)18)19-15-10-6-4-8-13(15)17(20)21/h3-10,16,19H,2,11H2,1H3. The smallest absolute Gasteiger partial charge is 0.257 e. The number of nitrogens with one attached hydrogen (secondary N) is 1. The predicted octanol–water partition coefficient (Wildman–Crippen LogP) is 3.80. The molecule has 0 radical (unpaired) electrons. The van der Waals surface area contributed by atoms with Gasteiger partial charge in [-0.25, -0.2) is 4.39 Å². The van der Waals surface area contributed by atoms with E-state index in [2.05, 4.69) is 5.32 Å². The van der Waals surface area contributed by atoms with Gasteiger partial charge in [-0.1, -0.05) is 37.3 Å². The normalized spacial score (nSPS) is 17.3. The van der Waals surface area contributed by atoms with Gasteiger partial charge >= 0.3 is 0 Å². The maximum Gasteiger partial charge on any atom is 0.257 e. The van der Waals surface area contributed by atoms with Crippen LogP contribution in [0.15, 0.2) is 48.5 Å². The third kappa shape index (κ3) is 2.37. The molecule has 1 unspecified atom stereocenters. The highest BCUT2D eigenvalue weighted by Crippen LogP contribution is 2.33. The molecule has 3 rings (SSSR count). The van der Waals surface area contributed by atoms with Gasteiger partial charge in [0.1, 0.15) is 12.0 Å². The molecule has 108 valence electrons. The third-order valence-electron chi connectivity index (χ3n) is 3.69. The average molecular weight is 284 g/mol. The summed E-state index contributed by atoms with van der Waals surface area (Å²) in [5.74, 6) is -0.359. The number of fused-ring (bicyclic) bond motifs is 1. The second-order valence-corrected chi connectivity index (χ2v) is 5.11. The lowest BCUT2D eigenvalue weighted by atomic mass is 10.0. The number of rotatable bonds is 3. The molecular formula is C17H17FN2O. The molecule has 1 aliphatic heterocycles. The van der Waals surface area contributed by atoms with Gasteiger partial charge in [0, 0.05) is 17.8 Å². The Balaban J connectivity index is 2.07. The number of carbonyl (C=O) groups is 1. The molecule has 3 nitrogen and oxygen atoms in total. The Bertz CT molecular complexity index is 671. The monoisotopic (exact) mass is 284 g/mol. The van der Waals surface area contributed by atoms with E-state index in [0.29, 0.717) is 17.7 Å². The zero-order chi connectivity index (χ0) is 14.8. The van der Waals surface area contributed by atoms with E-state index in [1.54, 1.807) is 29.2 Å². The Morgan fingerprint density at radius 1 is 1.14 bits per heavy atom. The zero-order valence-corrected chi connectivity index (χ0v) is 11.8. The average Bonchev–Trinajstić information content (AvgIpc) is 2.51. The van der Waals surface area contributed by atoms with Crippen LogP contribution in [0.3, 0.4) is 0 Å². The summed E-state index contributed by atoms with van der Waals surface area (Å²) in [6, 6.07) is 13.9. The van der Waals surface area contributed by atoms with Crippen molar-refractivity contribution < 1.29 is 9.18 Å². The summed E-state index contributed by atoms with van der Waals surface area (Å²) >= 11 is 0. The highest BCUT2D eigenvalue weighted by molar-refractivity contribution is 6.01. The molecule has 1 atom stereocenters. The van der Waals surface area contributed by atoms with Crippen molar-refractivity contribution in [1.29, 1.82) is 0 Å². The van der Waals surface area contributed by atoms with Crippen LogP contribution in [0.25, 0.3) is 0 Å². The minimum Gasteiger partial charge on any atom is -0.361 e. The third-order valence-corrected chi connectivity index (χ3v) is 3.69. The van der Waals surface area contributed by atoms with Gasteiger partial charge < -0.3 is 10.2 Å². The van der Waals surface area contributed by atoms with E-state index >= 15 is 0 Å². The highest BCUT2D eigenvalue weighted by Gasteiger charge is 2.33. The first-order chi connectivity index (χ1) is 10.2. The quantitative estimate of drug-likeness (QED) is 0.929. The number of amides is 1.